The molecule has 1 rings (SSSR count). The third kappa shape index (κ3) is 3.04. The Labute approximate surface area is 101 Å². The summed E-state index contributed by atoms with van der Waals surface area (Å²) >= 11 is 0. The van der Waals surface area contributed by atoms with Crippen LogP contribution in [0.25, 0.3) is 0 Å². The molecule has 96 valence electrons. The lowest BCUT2D eigenvalue weighted by molar-refractivity contribution is -0.677. The normalized spacial score (nSPS) is 14.6. The SMILES string of the molecule is O=[N+]([O-])CC(O[P+](=O)[O-])(c1ccccc1)[N+](=O)[O-]. The molecule has 0 N–H and O–H groups in total. The minimum absolute atomic E-state index is 0.217. The minimum atomic E-state index is -3.62. The molecule has 0 fully saturated rings. The van der Waals surface area contributed by atoms with Gasteiger partial charge in [0.1, 0.15) is 0 Å². The average Bonchev–Trinajstić information content (AvgIpc) is 2.27. The van der Waals surface area contributed by atoms with Gasteiger partial charge in [0.05, 0.1) is 10.5 Å². The summed E-state index contributed by atoms with van der Waals surface area (Å²) in [4.78, 5) is 29.9. The van der Waals surface area contributed by atoms with E-state index in [-0.39, 0.29) is 5.56 Å². The van der Waals surface area contributed by atoms with Crippen molar-refractivity contribution in [1.82, 2.24) is 0 Å². The van der Waals surface area contributed by atoms with Gasteiger partial charge in [-0.05, 0) is 16.7 Å². The maximum atomic E-state index is 11.0. The van der Waals surface area contributed by atoms with Crippen LogP contribution in [0.1, 0.15) is 5.56 Å². The van der Waals surface area contributed by atoms with Crippen molar-refractivity contribution in [3.8, 4) is 0 Å². The first kappa shape index (κ1) is 14.1. The van der Waals surface area contributed by atoms with Crippen LogP contribution in [0.3, 0.4) is 0 Å². The summed E-state index contributed by atoms with van der Waals surface area (Å²) in [5.41, 5.74) is -2.95. The van der Waals surface area contributed by atoms with E-state index < -0.39 is 30.4 Å². The lowest BCUT2D eigenvalue weighted by atomic mass is 10.0. The Morgan fingerprint density at radius 3 is 2.17 bits per heavy atom. The molecule has 10 heteroatoms. The predicted molar refractivity (Wildman–Crippen MR) is 55.7 cm³/mol. The van der Waals surface area contributed by atoms with E-state index in [0.717, 1.165) is 0 Å². The molecule has 0 saturated heterocycles. The summed E-state index contributed by atoms with van der Waals surface area (Å²) in [5.74, 6) is 0. The molecular formula is C8H7N2O7P. The smallest absolute Gasteiger partial charge is 0.496 e. The summed E-state index contributed by atoms with van der Waals surface area (Å²) in [5, 5.41) is 21.5. The molecule has 0 bridgehead atoms. The van der Waals surface area contributed by atoms with Gasteiger partial charge in [0.2, 0.25) is 0 Å². The first-order valence-electron chi connectivity index (χ1n) is 4.54. The minimum Gasteiger partial charge on any atom is -0.566 e. The van der Waals surface area contributed by atoms with Crippen LogP contribution in [0.5, 0.6) is 0 Å². The summed E-state index contributed by atoms with van der Waals surface area (Å²) in [7, 11) is -3.62. The Kier molecular flexibility index (Phi) is 4.38. The first-order chi connectivity index (χ1) is 8.38. The third-order valence-corrected chi connectivity index (χ3v) is 2.54. The number of nitro groups is 2. The van der Waals surface area contributed by atoms with E-state index in [1.54, 1.807) is 0 Å². The van der Waals surface area contributed by atoms with Gasteiger partial charge >= 0.3 is 20.5 Å². The highest BCUT2D eigenvalue weighted by Gasteiger charge is 2.57. The van der Waals surface area contributed by atoms with Gasteiger partial charge in [-0.3, -0.25) is 20.2 Å². The topological polar surface area (TPSA) is 136 Å². The molecule has 0 heterocycles. The van der Waals surface area contributed by atoms with Crippen LogP contribution in [0, 0.1) is 20.2 Å². The molecule has 0 saturated carbocycles. The summed E-state index contributed by atoms with van der Waals surface area (Å²) in [6, 6.07) is 6.66. The van der Waals surface area contributed by atoms with E-state index in [0.29, 0.717) is 0 Å². The number of nitrogens with zero attached hydrogens (tertiary/aromatic N) is 2. The molecule has 0 spiro atoms. The number of hydrogen-bond donors (Lipinski definition) is 0. The third-order valence-electron chi connectivity index (χ3n) is 2.09. The monoisotopic (exact) mass is 274 g/mol. The molecule has 18 heavy (non-hydrogen) atoms. The van der Waals surface area contributed by atoms with Crippen LogP contribution in [0.4, 0.5) is 0 Å². The fourth-order valence-corrected chi connectivity index (χ4v) is 1.84. The molecule has 0 radical (unpaired) electrons. The van der Waals surface area contributed by atoms with Gasteiger partial charge in [-0.1, -0.05) is 22.7 Å². The molecule has 2 atom stereocenters. The van der Waals surface area contributed by atoms with E-state index in [9.17, 15) is 29.7 Å². The van der Waals surface area contributed by atoms with Gasteiger partial charge in [0.15, 0.2) is 0 Å². The van der Waals surface area contributed by atoms with E-state index in [1.807, 2.05) is 0 Å². The van der Waals surface area contributed by atoms with Gasteiger partial charge < -0.3 is 4.89 Å². The van der Waals surface area contributed by atoms with Gasteiger partial charge in [-0.15, -0.1) is 0 Å². The highest BCUT2D eigenvalue weighted by atomic mass is 31.1. The molecule has 0 aliphatic rings. The number of hydrogen-bond acceptors (Lipinski definition) is 7. The van der Waals surface area contributed by atoms with Crippen molar-refractivity contribution in [2.45, 2.75) is 5.72 Å². The lowest BCUT2D eigenvalue weighted by Gasteiger charge is -2.16. The van der Waals surface area contributed by atoms with E-state index in [2.05, 4.69) is 4.52 Å². The largest absolute Gasteiger partial charge is 0.566 e. The molecule has 0 aromatic heterocycles. The highest BCUT2D eigenvalue weighted by Crippen LogP contribution is 2.33. The molecular weight excluding hydrogens is 267 g/mol. The van der Waals surface area contributed by atoms with Crippen molar-refractivity contribution in [3.05, 3.63) is 56.1 Å². The van der Waals surface area contributed by atoms with Crippen molar-refractivity contribution in [2.24, 2.45) is 0 Å². The van der Waals surface area contributed by atoms with E-state index in [4.69, 9.17) is 0 Å². The Bertz CT molecular complexity index is 462. The van der Waals surface area contributed by atoms with E-state index in [1.165, 1.54) is 30.3 Å². The summed E-state index contributed by atoms with van der Waals surface area (Å²) in [6.45, 7) is -1.30. The second kappa shape index (κ2) is 5.58. The van der Waals surface area contributed by atoms with Gasteiger partial charge in [0, 0.05) is 4.92 Å². The maximum absolute atomic E-state index is 11.0. The fourth-order valence-electron chi connectivity index (χ4n) is 1.37. The molecule has 0 aliphatic heterocycles. The van der Waals surface area contributed by atoms with Crippen molar-refractivity contribution in [2.75, 3.05) is 6.54 Å². The van der Waals surface area contributed by atoms with Crippen molar-refractivity contribution in [1.29, 1.82) is 0 Å². The molecule has 0 aliphatic carbocycles. The van der Waals surface area contributed by atoms with Crippen LogP contribution in [0.15, 0.2) is 30.3 Å². The van der Waals surface area contributed by atoms with Crippen LogP contribution in [0.2, 0.25) is 0 Å². The van der Waals surface area contributed by atoms with Crippen molar-refractivity contribution in [3.63, 3.8) is 0 Å². The van der Waals surface area contributed by atoms with Crippen LogP contribution < -0.4 is 4.89 Å². The van der Waals surface area contributed by atoms with Crippen molar-refractivity contribution >= 4 is 8.25 Å². The zero-order valence-corrected chi connectivity index (χ0v) is 9.69. The maximum Gasteiger partial charge on any atom is 0.496 e. The molecule has 1 aromatic carbocycles. The first-order valence-corrected chi connectivity index (χ1v) is 5.63. The summed E-state index contributed by atoms with van der Waals surface area (Å²) < 4.78 is 14.8. The zero-order chi connectivity index (χ0) is 13.8. The Morgan fingerprint density at radius 2 is 1.78 bits per heavy atom. The van der Waals surface area contributed by atoms with Gasteiger partial charge in [0.25, 0.3) is 0 Å². The van der Waals surface area contributed by atoms with Crippen LogP contribution >= 0.6 is 8.25 Å². The van der Waals surface area contributed by atoms with E-state index >= 15 is 0 Å². The predicted octanol–water partition coefficient (Wildman–Crippen LogP) is 0.427. The second-order valence-electron chi connectivity index (χ2n) is 3.21. The lowest BCUT2D eigenvalue weighted by Crippen LogP contribution is -2.43. The molecule has 2 unspecified atom stereocenters. The number of rotatable bonds is 6. The molecule has 1 aromatic rings. The Morgan fingerprint density at radius 1 is 1.22 bits per heavy atom. The highest BCUT2D eigenvalue weighted by molar-refractivity contribution is 7.30. The second-order valence-corrected chi connectivity index (χ2v) is 3.84. The Hall–Kier alpha value is -1.96. The molecule has 9 nitrogen and oxygen atoms in total. The fraction of sp³-hybridized carbons (Fsp3) is 0.250. The Balaban J connectivity index is 3.33. The zero-order valence-electron chi connectivity index (χ0n) is 8.79. The molecule has 0 amide bonds. The average molecular weight is 274 g/mol. The summed E-state index contributed by atoms with van der Waals surface area (Å²) in [6.07, 6.45) is 0. The quantitative estimate of drug-likeness (QED) is 0.317. The van der Waals surface area contributed by atoms with Crippen LogP contribution in [-0.4, -0.2) is 16.4 Å². The number of benzene rings is 1. The van der Waals surface area contributed by atoms with Gasteiger partial charge in [-0.2, -0.15) is 0 Å². The van der Waals surface area contributed by atoms with Gasteiger partial charge in [-0.25, -0.2) is 0 Å². The van der Waals surface area contributed by atoms with Crippen molar-refractivity contribution < 1.29 is 23.8 Å². The standard InChI is InChI=1S/C8H7N2O7P/c11-9(12)6-8(10(13)14,17-18(15)16)7-4-2-1-3-5-7/h1-5H,6H2. The van der Waals surface area contributed by atoms with Crippen LogP contribution in [-0.2, 0) is 14.8 Å².